The van der Waals surface area contributed by atoms with Gasteiger partial charge in [-0.25, -0.2) is 0 Å². The fourth-order valence-corrected chi connectivity index (χ4v) is 2.46. The number of aromatic nitrogens is 2. The molecule has 4 heteroatoms. The first kappa shape index (κ1) is 12.2. The molecule has 90 valence electrons. The Bertz CT molecular complexity index is 436. The van der Waals surface area contributed by atoms with Crippen molar-refractivity contribution in [3.05, 3.63) is 46.2 Å². The van der Waals surface area contributed by atoms with E-state index in [-0.39, 0.29) is 6.04 Å². The third kappa shape index (κ3) is 3.11. The van der Waals surface area contributed by atoms with Gasteiger partial charge in [0.05, 0.1) is 23.6 Å². The first-order valence-electron chi connectivity index (χ1n) is 5.86. The van der Waals surface area contributed by atoms with Gasteiger partial charge in [0.1, 0.15) is 0 Å². The normalized spacial score (nSPS) is 12.6. The first-order valence-corrected chi connectivity index (χ1v) is 6.74. The van der Waals surface area contributed by atoms with Gasteiger partial charge in [-0.15, -0.1) is 11.3 Å². The summed E-state index contributed by atoms with van der Waals surface area (Å²) in [5.74, 6) is 0. The van der Waals surface area contributed by atoms with Crippen molar-refractivity contribution in [3.63, 3.8) is 0 Å². The van der Waals surface area contributed by atoms with Gasteiger partial charge in [-0.05, 0) is 31.3 Å². The van der Waals surface area contributed by atoms with E-state index in [0.29, 0.717) is 0 Å². The maximum atomic E-state index is 4.47. The number of aryl methyl sites for hydroxylation is 1. The molecule has 2 heterocycles. The Hall–Kier alpha value is -1.26. The first-order chi connectivity index (χ1) is 8.31. The summed E-state index contributed by atoms with van der Waals surface area (Å²) < 4.78 is 0. The van der Waals surface area contributed by atoms with Crippen LogP contribution in [-0.4, -0.2) is 16.5 Å². The van der Waals surface area contributed by atoms with E-state index in [0.717, 1.165) is 24.4 Å². The molecule has 3 nitrogen and oxygen atoms in total. The largest absolute Gasteiger partial charge is 0.304 e. The quantitative estimate of drug-likeness (QED) is 0.882. The molecule has 0 aliphatic heterocycles. The second-order valence-electron chi connectivity index (χ2n) is 3.99. The summed E-state index contributed by atoms with van der Waals surface area (Å²) in [5.41, 5.74) is 1.95. The molecule has 0 aliphatic rings. The third-order valence-electron chi connectivity index (χ3n) is 2.52. The molecule has 0 amide bonds. The molecule has 1 N–H and O–H groups in total. The van der Waals surface area contributed by atoms with E-state index in [2.05, 4.69) is 39.7 Å². The molecule has 2 rings (SSSR count). The average Bonchev–Trinajstić information content (AvgIpc) is 2.85. The van der Waals surface area contributed by atoms with Crippen molar-refractivity contribution in [1.82, 2.24) is 15.3 Å². The zero-order valence-corrected chi connectivity index (χ0v) is 11.0. The number of nitrogens with zero attached hydrogens (tertiary/aromatic N) is 2. The maximum absolute atomic E-state index is 4.47. The molecule has 0 aliphatic carbocycles. The van der Waals surface area contributed by atoms with Crippen LogP contribution in [-0.2, 0) is 0 Å². The number of rotatable bonds is 5. The van der Waals surface area contributed by atoms with Crippen LogP contribution in [0.25, 0.3) is 0 Å². The van der Waals surface area contributed by atoms with E-state index >= 15 is 0 Å². The summed E-state index contributed by atoms with van der Waals surface area (Å²) in [5, 5.41) is 5.61. The van der Waals surface area contributed by atoms with Gasteiger partial charge in [-0.1, -0.05) is 13.0 Å². The van der Waals surface area contributed by atoms with Gasteiger partial charge in [0.15, 0.2) is 0 Å². The van der Waals surface area contributed by atoms with Gasteiger partial charge >= 0.3 is 0 Å². The number of hydrogen-bond donors (Lipinski definition) is 1. The summed E-state index contributed by atoms with van der Waals surface area (Å²) in [6.45, 7) is 5.10. The van der Waals surface area contributed by atoms with Crippen LogP contribution in [0.4, 0.5) is 0 Å². The summed E-state index contributed by atoms with van der Waals surface area (Å²) in [7, 11) is 0. The Morgan fingerprint density at radius 1 is 1.35 bits per heavy atom. The van der Waals surface area contributed by atoms with Gasteiger partial charge in [0.2, 0.25) is 0 Å². The second-order valence-corrected chi connectivity index (χ2v) is 4.96. The predicted molar refractivity (Wildman–Crippen MR) is 71.2 cm³/mol. The lowest BCUT2D eigenvalue weighted by molar-refractivity contribution is 0.591. The van der Waals surface area contributed by atoms with E-state index in [4.69, 9.17) is 0 Å². The van der Waals surface area contributed by atoms with Gasteiger partial charge < -0.3 is 5.32 Å². The molecular formula is C13H17N3S. The van der Waals surface area contributed by atoms with Gasteiger partial charge in [0.25, 0.3) is 0 Å². The minimum Gasteiger partial charge on any atom is -0.304 e. The lowest BCUT2D eigenvalue weighted by atomic mass is 10.1. The fourth-order valence-electron chi connectivity index (χ4n) is 1.65. The zero-order valence-electron chi connectivity index (χ0n) is 10.2. The summed E-state index contributed by atoms with van der Waals surface area (Å²) in [6.07, 6.45) is 4.80. The molecule has 0 radical (unpaired) electrons. The molecule has 1 atom stereocenters. The van der Waals surface area contributed by atoms with E-state index in [1.807, 2.05) is 19.3 Å². The molecule has 0 spiro atoms. The molecule has 0 bridgehead atoms. The Kier molecular flexibility index (Phi) is 4.23. The highest BCUT2D eigenvalue weighted by atomic mass is 32.1. The number of nitrogens with one attached hydrogen (secondary N) is 1. The van der Waals surface area contributed by atoms with Crippen molar-refractivity contribution < 1.29 is 0 Å². The standard InChI is InChI=1S/C13H17N3S/c1-3-6-14-13(12-5-4-7-17-12)11-9-15-10(2)8-16-11/h4-5,7-9,13-14H,3,6H2,1-2H3. The maximum Gasteiger partial charge on any atom is 0.0860 e. The van der Waals surface area contributed by atoms with E-state index < -0.39 is 0 Å². The lowest BCUT2D eigenvalue weighted by Gasteiger charge is -2.16. The third-order valence-corrected chi connectivity index (χ3v) is 3.46. The number of hydrogen-bond acceptors (Lipinski definition) is 4. The number of thiophene rings is 1. The smallest absolute Gasteiger partial charge is 0.0860 e. The highest BCUT2D eigenvalue weighted by Gasteiger charge is 2.15. The Morgan fingerprint density at radius 3 is 2.82 bits per heavy atom. The van der Waals surface area contributed by atoms with Crippen molar-refractivity contribution >= 4 is 11.3 Å². The van der Waals surface area contributed by atoms with Crippen molar-refractivity contribution in [2.45, 2.75) is 26.3 Å². The molecule has 2 aromatic heterocycles. The molecule has 0 saturated heterocycles. The van der Waals surface area contributed by atoms with Crippen LogP contribution in [0.5, 0.6) is 0 Å². The van der Waals surface area contributed by atoms with Crippen molar-refractivity contribution in [2.75, 3.05) is 6.54 Å². The fraction of sp³-hybridized carbons (Fsp3) is 0.385. The van der Waals surface area contributed by atoms with Crippen LogP contribution < -0.4 is 5.32 Å². The van der Waals surface area contributed by atoms with Gasteiger partial charge in [0, 0.05) is 11.1 Å². The van der Waals surface area contributed by atoms with Crippen molar-refractivity contribution in [1.29, 1.82) is 0 Å². The van der Waals surface area contributed by atoms with Crippen LogP contribution in [0.1, 0.15) is 35.7 Å². The lowest BCUT2D eigenvalue weighted by Crippen LogP contribution is -2.23. The zero-order chi connectivity index (χ0) is 12.1. The van der Waals surface area contributed by atoms with Crippen LogP contribution in [0.2, 0.25) is 0 Å². The molecule has 0 fully saturated rings. The monoisotopic (exact) mass is 247 g/mol. The Balaban J connectivity index is 2.23. The van der Waals surface area contributed by atoms with Gasteiger partial charge in [-0.2, -0.15) is 0 Å². The molecule has 0 saturated carbocycles. The van der Waals surface area contributed by atoms with Crippen LogP contribution in [0.15, 0.2) is 29.9 Å². The highest BCUT2D eigenvalue weighted by molar-refractivity contribution is 7.10. The SMILES string of the molecule is CCCNC(c1cnc(C)cn1)c1cccs1. The topological polar surface area (TPSA) is 37.8 Å². The van der Waals surface area contributed by atoms with Crippen molar-refractivity contribution in [2.24, 2.45) is 0 Å². The van der Waals surface area contributed by atoms with Crippen molar-refractivity contribution in [3.8, 4) is 0 Å². The predicted octanol–water partition coefficient (Wildman–Crippen LogP) is 2.94. The van der Waals surface area contributed by atoms with E-state index in [1.165, 1.54) is 4.88 Å². The van der Waals surface area contributed by atoms with Crippen LogP contribution >= 0.6 is 11.3 Å². The molecular weight excluding hydrogens is 230 g/mol. The Labute approximate surface area is 106 Å². The van der Waals surface area contributed by atoms with E-state index in [1.54, 1.807) is 11.3 Å². The average molecular weight is 247 g/mol. The van der Waals surface area contributed by atoms with Crippen LogP contribution in [0.3, 0.4) is 0 Å². The molecule has 17 heavy (non-hydrogen) atoms. The molecule has 0 aromatic carbocycles. The summed E-state index contributed by atoms with van der Waals surface area (Å²) >= 11 is 1.75. The van der Waals surface area contributed by atoms with Crippen LogP contribution in [0, 0.1) is 6.92 Å². The molecule has 1 unspecified atom stereocenters. The minimum absolute atomic E-state index is 0.169. The summed E-state index contributed by atoms with van der Waals surface area (Å²) in [6, 6.07) is 4.38. The van der Waals surface area contributed by atoms with E-state index in [9.17, 15) is 0 Å². The molecule has 2 aromatic rings. The van der Waals surface area contributed by atoms with Gasteiger partial charge in [-0.3, -0.25) is 9.97 Å². The minimum atomic E-state index is 0.169. The highest BCUT2D eigenvalue weighted by Crippen LogP contribution is 2.24. The summed E-state index contributed by atoms with van der Waals surface area (Å²) in [4.78, 5) is 10.1. The second kappa shape index (κ2) is 5.89. The Morgan fingerprint density at radius 2 is 2.24 bits per heavy atom.